The minimum atomic E-state index is -3.82. The van der Waals surface area contributed by atoms with Crippen LogP contribution in [-0.4, -0.2) is 31.1 Å². The van der Waals surface area contributed by atoms with Crippen molar-refractivity contribution in [1.29, 1.82) is 0 Å². The molecule has 1 fully saturated rings. The van der Waals surface area contributed by atoms with Crippen LogP contribution >= 0.6 is 11.8 Å². The van der Waals surface area contributed by atoms with Gasteiger partial charge in [-0.1, -0.05) is 6.07 Å². The van der Waals surface area contributed by atoms with E-state index in [0.717, 1.165) is 24.0 Å². The average Bonchev–Trinajstić information content (AvgIpc) is 2.80. The van der Waals surface area contributed by atoms with Gasteiger partial charge in [-0.3, -0.25) is 0 Å². The van der Waals surface area contributed by atoms with Crippen molar-refractivity contribution in [2.45, 2.75) is 24.0 Å². The van der Waals surface area contributed by atoms with Crippen molar-refractivity contribution in [1.82, 2.24) is 4.72 Å². The Morgan fingerprint density at radius 1 is 1.50 bits per heavy atom. The summed E-state index contributed by atoms with van der Waals surface area (Å²) >= 11 is 1.67. The van der Waals surface area contributed by atoms with Crippen LogP contribution in [0, 0.1) is 5.82 Å². The van der Waals surface area contributed by atoms with Gasteiger partial charge in [-0.05, 0) is 29.9 Å². The number of hydrogen-bond acceptors (Lipinski definition) is 4. The van der Waals surface area contributed by atoms with Gasteiger partial charge in [0.25, 0.3) is 0 Å². The molecule has 2 N–H and O–H groups in total. The predicted octanol–water partition coefficient (Wildman–Crippen LogP) is 1.10. The van der Waals surface area contributed by atoms with Gasteiger partial charge in [-0.2, -0.15) is 11.8 Å². The third-order valence-electron chi connectivity index (χ3n) is 2.72. The van der Waals surface area contributed by atoms with E-state index in [1.165, 1.54) is 12.1 Å². The summed E-state index contributed by atoms with van der Waals surface area (Å²) in [5, 5.41) is 8.85. The molecule has 1 aromatic rings. The number of hydrogen-bond donors (Lipinski definition) is 2. The zero-order valence-corrected chi connectivity index (χ0v) is 11.2. The van der Waals surface area contributed by atoms with Gasteiger partial charge in [0.05, 0.1) is 6.61 Å². The fraction of sp³-hybridized carbons (Fsp3) is 0.455. The van der Waals surface area contributed by atoms with Gasteiger partial charge in [0.2, 0.25) is 10.0 Å². The van der Waals surface area contributed by atoms with Crippen LogP contribution in [0.15, 0.2) is 23.1 Å². The van der Waals surface area contributed by atoms with Crippen LogP contribution in [-0.2, 0) is 16.6 Å². The fourth-order valence-electron chi connectivity index (χ4n) is 1.77. The number of nitrogens with one attached hydrogen (secondary N) is 1. The molecule has 1 aromatic carbocycles. The molecule has 1 saturated heterocycles. The van der Waals surface area contributed by atoms with Crippen molar-refractivity contribution in [3.8, 4) is 0 Å². The van der Waals surface area contributed by atoms with E-state index >= 15 is 0 Å². The molecule has 0 bridgehead atoms. The maximum absolute atomic E-state index is 13.7. The van der Waals surface area contributed by atoms with Crippen LogP contribution in [0.3, 0.4) is 0 Å². The first-order chi connectivity index (χ1) is 8.53. The zero-order valence-electron chi connectivity index (χ0n) is 9.60. The second-order valence-electron chi connectivity index (χ2n) is 4.10. The van der Waals surface area contributed by atoms with E-state index in [1.807, 2.05) is 0 Å². The lowest BCUT2D eigenvalue weighted by atomic mass is 10.2. The maximum atomic E-state index is 13.7. The number of sulfonamides is 1. The van der Waals surface area contributed by atoms with Gasteiger partial charge < -0.3 is 5.11 Å². The second-order valence-corrected chi connectivity index (χ2v) is 6.94. The maximum Gasteiger partial charge on any atom is 0.243 e. The number of aliphatic hydroxyl groups is 1. The molecular weight excluding hydrogens is 277 g/mol. The molecule has 0 radical (unpaired) electrons. The smallest absolute Gasteiger partial charge is 0.243 e. The molecule has 1 unspecified atom stereocenters. The largest absolute Gasteiger partial charge is 0.392 e. The molecule has 1 aliphatic heterocycles. The Kier molecular flexibility index (Phi) is 4.26. The SMILES string of the molecule is O=S(=O)(NC1CCSC1)c1ccc(CO)cc1F. The van der Waals surface area contributed by atoms with Crippen molar-refractivity contribution in [2.75, 3.05) is 11.5 Å². The van der Waals surface area contributed by atoms with Crippen LogP contribution < -0.4 is 4.72 Å². The highest BCUT2D eigenvalue weighted by molar-refractivity contribution is 7.99. The van der Waals surface area contributed by atoms with Gasteiger partial charge >= 0.3 is 0 Å². The van der Waals surface area contributed by atoms with Crippen LogP contribution in [0.2, 0.25) is 0 Å². The molecule has 1 atom stereocenters. The third kappa shape index (κ3) is 3.03. The number of rotatable bonds is 4. The van der Waals surface area contributed by atoms with E-state index < -0.39 is 15.8 Å². The Hall–Kier alpha value is -0.630. The van der Waals surface area contributed by atoms with Gasteiger partial charge in [0.1, 0.15) is 10.7 Å². The van der Waals surface area contributed by atoms with Crippen LogP contribution in [0.25, 0.3) is 0 Å². The molecule has 100 valence electrons. The first-order valence-corrected chi connectivity index (χ1v) is 8.16. The van der Waals surface area contributed by atoms with E-state index in [9.17, 15) is 12.8 Å². The van der Waals surface area contributed by atoms with Gasteiger partial charge in [0.15, 0.2) is 0 Å². The van der Waals surface area contributed by atoms with Gasteiger partial charge in [-0.15, -0.1) is 0 Å². The van der Waals surface area contributed by atoms with E-state index in [4.69, 9.17) is 5.11 Å². The Balaban J connectivity index is 2.23. The monoisotopic (exact) mass is 291 g/mol. The number of benzene rings is 1. The molecule has 1 heterocycles. The van der Waals surface area contributed by atoms with Crippen LogP contribution in [0.1, 0.15) is 12.0 Å². The van der Waals surface area contributed by atoms with Crippen molar-refractivity contribution in [3.05, 3.63) is 29.6 Å². The van der Waals surface area contributed by atoms with Crippen molar-refractivity contribution < 1.29 is 17.9 Å². The lowest BCUT2D eigenvalue weighted by Crippen LogP contribution is -2.35. The summed E-state index contributed by atoms with van der Waals surface area (Å²) < 4.78 is 40.1. The lowest BCUT2D eigenvalue weighted by molar-refractivity contribution is 0.281. The summed E-state index contributed by atoms with van der Waals surface area (Å²) in [5.74, 6) is 0.800. The van der Waals surface area contributed by atoms with E-state index in [0.29, 0.717) is 5.56 Å². The van der Waals surface area contributed by atoms with Crippen LogP contribution in [0.5, 0.6) is 0 Å². The first-order valence-electron chi connectivity index (χ1n) is 5.52. The zero-order chi connectivity index (χ0) is 13.2. The molecular formula is C11H14FNO3S2. The molecule has 1 aliphatic rings. The molecule has 4 nitrogen and oxygen atoms in total. The summed E-state index contributed by atoms with van der Waals surface area (Å²) in [6.45, 7) is -0.316. The van der Waals surface area contributed by atoms with Crippen molar-refractivity contribution in [2.24, 2.45) is 0 Å². The molecule has 18 heavy (non-hydrogen) atoms. The minimum Gasteiger partial charge on any atom is -0.392 e. The fourth-order valence-corrected chi connectivity index (χ4v) is 4.36. The number of aliphatic hydroxyl groups excluding tert-OH is 1. The average molecular weight is 291 g/mol. The van der Waals surface area contributed by atoms with E-state index in [-0.39, 0.29) is 17.5 Å². The summed E-state index contributed by atoms with van der Waals surface area (Å²) in [5.41, 5.74) is 0.350. The molecule has 0 amide bonds. The molecule has 7 heteroatoms. The predicted molar refractivity (Wildman–Crippen MR) is 68.4 cm³/mol. The first kappa shape index (κ1) is 13.8. The van der Waals surface area contributed by atoms with Crippen molar-refractivity contribution in [3.63, 3.8) is 0 Å². The second kappa shape index (κ2) is 5.56. The molecule has 0 spiro atoms. The molecule has 2 rings (SSSR count). The topological polar surface area (TPSA) is 66.4 Å². The summed E-state index contributed by atoms with van der Waals surface area (Å²) in [7, 11) is -3.82. The van der Waals surface area contributed by atoms with Crippen LogP contribution in [0.4, 0.5) is 4.39 Å². The lowest BCUT2D eigenvalue weighted by Gasteiger charge is -2.12. The highest BCUT2D eigenvalue weighted by Gasteiger charge is 2.25. The quantitative estimate of drug-likeness (QED) is 0.872. The minimum absolute atomic E-state index is 0.128. The normalized spacial score (nSPS) is 20.2. The Morgan fingerprint density at radius 3 is 2.83 bits per heavy atom. The van der Waals surface area contributed by atoms with Gasteiger partial charge in [-0.25, -0.2) is 17.5 Å². The standard InChI is InChI=1S/C11H14FNO3S2/c12-10-5-8(6-14)1-2-11(10)18(15,16)13-9-3-4-17-7-9/h1-2,5,9,13-14H,3-4,6-7H2. The molecule has 0 saturated carbocycles. The van der Waals surface area contributed by atoms with E-state index in [2.05, 4.69) is 4.72 Å². The molecule has 0 aliphatic carbocycles. The highest BCUT2D eigenvalue weighted by atomic mass is 32.2. The summed E-state index contributed by atoms with van der Waals surface area (Å²) in [6.07, 6.45) is 0.764. The molecule has 0 aromatic heterocycles. The Labute approximate surface area is 110 Å². The van der Waals surface area contributed by atoms with E-state index in [1.54, 1.807) is 11.8 Å². The number of halogens is 1. The Morgan fingerprint density at radius 2 is 2.28 bits per heavy atom. The summed E-state index contributed by atoms with van der Waals surface area (Å²) in [4.78, 5) is -0.364. The number of thioether (sulfide) groups is 1. The highest BCUT2D eigenvalue weighted by Crippen LogP contribution is 2.21. The third-order valence-corrected chi connectivity index (χ3v) is 5.44. The summed E-state index contributed by atoms with van der Waals surface area (Å²) in [6, 6.07) is 3.50. The van der Waals surface area contributed by atoms with Crippen molar-refractivity contribution >= 4 is 21.8 Å². The van der Waals surface area contributed by atoms with Gasteiger partial charge in [0, 0.05) is 11.8 Å². The Bertz CT molecular complexity index is 527.